The molecule has 0 spiro atoms. The number of aromatic nitrogens is 3. The minimum Gasteiger partial charge on any atom is -0.319 e. The molecule has 0 aliphatic heterocycles. The van der Waals surface area contributed by atoms with E-state index in [-0.39, 0.29) is 5.91 Å². The summed E-state index contributed by atoms with van der Waals surface area (Å²) in [6, 6.07) is 18.8. The normalized spacial score (nSPS) is 10.7. The van der Waals surface area contributed by atoms with Gasteiger partial charge in [0.1, 0.15) is 4.60 Å². The fraction of sp³-hybridized carbons (Fsp3) is 0.130. The first kappa shape index (κ1) is 19.8. The van der Waals surface area contributed by atoms with Crippen molar-refractivity contribution in [3.63, 3.8) is 0 Å². The zero-order chi connectivity index (χ0) is 21.3. The van der Waals surface area contributed by atoms with Crippen LogP contribution in [0.2, 0.25) is 0 Å². The Morgan fingerprint density at radius 2 is 1.90 bits per heavy atom. The van der Waals surface area contributed by atoms with Crippen LogP contribution in [-0.2, 0) is 6.54 Å². The fourth-order valence-electron chi connectivity index (χ4n) is 3.40. The predicted molar refractivity (Wildman–Crippen MR) is 119 cm³/mol. The smallest absolute Gasteiger partial charge is 0.256 e. The number of nitrogens with zero attached hydrogens (tertiary/aromatic N) is 4. The van der Waals surface area contributed by atoms with Crippen LogP contribution in [-0.4, -0.2) is 20.7 Å². The van der Waals surface area contributed by atoms with Crippen molar-refractivity contribution < 1.29 is 4.79 Å². The SMILES string of the molecule is Cc1nn(Cc2ccc(C#N)cc2)c(C)c1NC(=O)c1cc(Br)nc2ccccc12. The van der Waals surface area contributed by atoms with Gasteiger partial charge in [0.25, 0.3) is 5.91 Å². The van der Waals surface area contributed by atoms with Gasteiger partial charge in [-0.25, -0.2) is 4.98 Å². The van der Waals surface area contributed by atoms with Crippen LogP contribution in [0.3, 0.4) is 0 Å². The van der Waals surface area contributed by atoms with Gasteiger partial charge >= 0.3 is 0 Å². The van der Waals surface area contributed by atoms with Gasteiger partial charge in [0.05, 0.1) is 46.3 Å². The number of rotatable bonds is 4. The van der Waals surface area contributed by atoms with Crippen molar-refractivity contribution in [2.45, 2.75) is 20.4 Å². The van der Waals surface area contributed by atoms with Gasteiger partial charge in [0.2, 0.25) is 0 Å². The number of hydrogen-bond acceptors (Lipinski definition) is 4. The lowest BCUT2D eigenvalue weighted by Crippen LogP contribution is -2.14. The highest BCUT2D eigenvalue weighted by Crippen LogP contribution is 2.25. The van der Waals surface area contributed by atoms with E-state index in [4.69, 9.17) is 5.26 Å². The number of carbonyl (C=O) groups excluding carboxylic acids is 1. The van der Waals surface area contributed by atoms with Gasteiger partial charge in [0, 0.05) is 5.39 Å². The number of aryl methyl sites for hydroxylation is 1. The minimum absolute atomic E-state index is 0.210. The number of halogens is 1. The summed E-state index contributed by atoms with van der Waals surface area (Å²) in [5.74, 6) is -0.210. The van der Waals surface area contributed by atoms with Crippen LogP contribution in [0.5, 0.6) is 0 Å². The molecule has 0 aliphatic carbocycles. The molecule has 7 heteroatoms. The molecule has 0 unspecified atom stereocenters. The third-order valence-corrected chi connectivity index (χ3v) is 5.37. The molecule has 1 amide bonds. The first-order valence-corrected chi connectivity index (χ1v) is 10.1. The Kier molecular flexibility index (Phi) is 5.34. The van der Waals surface area contributed by atoms with Gasteiger partial charge in [-0.05, 0) is 59.6 Å². The maximum atomic E-state index is 13.1. The van der Waals surface area contributed by atoms with Crippen LogP contribution < -0.4 is 5.32 Å². The molecular weight excluding hydrogens is 442 g/mol. The van der Waals surface area contributed by atoms with E-state index >= 15 is 0 Å². The van der Waals surface area contributed by atoms with Crippen LogP contribution in [0.25, 0.3) is 10.9 Å². The van der Waals surface area contributed by atoms with E-state index in [9.17, 15) is 4.79 Å². The summed E-state index contributed by atoms with van der Waals surface area (Å²) in [4.78, 5) is 17.5. The average Bonchev–Trinajstić information content (AvgIpc) is 3.01. The molecule has 4 aromatic rings. The molecular formula is C23H18BrN5O. The Morgan fingerprint density at radius 1 is 1.17 bits per heavy atom. The highest BCUT2D eigenvalue weighted by atomic mass is 79.9. The molecule has 0 aliphatic rings. The van der Waals surface area contributed by atoms with Crippen LogP contribution in [0.1, 0.15) is 32.9 Å². The molecule has 2 aromatic heterocycles. The molecule has 148 valence electrons. The van der Waals surface area contributed by atoms with E-state index in [2.05, 4.69) is 37.4 Å². The Morgan fingerprint density at radius 3 is 2.63 bits per heavy atom. The van der Waals surface area contributed by atoms with Gasteiger partial charge in [0.15, 0.2) is 0 Å². The Labute approximate surface area is 182 Å². The molecule has 0 bridgehead atoms. The molecule has 2 heterocycles. The third kappa shape index (κ3) is 3.82. The lowest BCUT2D eigenvalue weighted by Gasteiger charge is -2.10. The molecule has 0 radical (unpaired) electrons. The highest BCUT2D eigenvalue weighted by Gasteiger charge is 2.18. The van der Waals surface area contributed by atoms with E-state index in [1.54, 1.807) is 18.2 Å². The number of para-hydroxylation sites is 1. The zero-order valence-electron chi connectivity index (χ0n) is 16.5. The summed E-state index contributed by atoms with van der Waals surface area (Å²) in [6.45, 7) is 4.36. The number of pyridine rings is 1. The van der Waals surface area contributed by atoms with Crippen LogP contribution in [0.15, 0.2) is 59.2 Å². The lowest BCUT2D eigenvalue weighted by molar-refractivity contribution is 0.102. The van der Waals surface area contributed by atoms with Crippen molar-refractivity contribution >= 4 is 38.4 Å². The van der Waals surface area contributed by atoms with Crippen molar-refractivity contribution in [1.82, 2.24) is 14.8 Å². The van der Waals surface area contributed by atoms with Gasteiger partial charge in [-0.2, -0.15) is 10.4 Å². The Balaban J connectivity index is 1.63. The zero-order valence-corrected chi connectivity index (χ0v) is 18.1. The fourth-order valence-corrected chi connectivity index (χ4v) is 3.82. The predicted octanol–water partition coefficient (Wildman–Crippen LogP) is 4.98. The summed E-state index contributed by atoms with van der Waals surface area (Å²) in [5.41, 5.74) is 5.26. The third-order valence-electron chi connectivity index (χ3n) is 4.96. The largest absolute Gasteiger partial charge is 0.319 e. The topological polar surface area (TPSA) is 83.6 Å². The van der Waals surface area contributed by atoms with Crippen LogP contribution >= 0.6 is 15.9 Å². The van der Waals surface area contributed by atoms with Gasteiger partial charge in [-0.1, -0.05) is 30.3 Å². The first-order chi connectivity index (χ1) is 14.5. The van der Waals surface area contributed by atoms with Crippen molar-refractivity contribution in [2.75, 3.05) is 5.32 Å². The number of nitrogens with one attached hydrogen (secondary N) is 1. The van der Waals surface area contributed by atoms with Crippen LogP contribution in [0.4, 0.5) is 5.69 Å². The number of nitriles is 1. The van der Waals surface area contributed by atoms with Crippen molar-refractivity contribution in [1.29, 1.82) is 5.26 Å². The Hall–Kier alpha value is -3.50. The van der Waals surface area contributed by atoms with E-state index < -0.39 is 0 Å². The number of anilines is 1. The average molecular weight is 460 g/mol. The van der Waals surface area contributed by atoms with Crippen molar-refractivity contribution in [3.8, 4) is 6.07 Å². The molecule has 30 heavy (non-hydrogen) atoms. The molecule has 0 saturated heterocycles. The van der Waals surface area contributed by atoms with E-state index in [0.717, 1.165) is 27.9 Å². The highest BCUT2D eigenvalue weighted by molar-refractivity contribution is 9.10. The van der Waals surface area contributed by atoms with Crippen molar-refractivity contribution in [2.24, 2.45) is 0 Å². The Bertz CT molecular complexity index is 1300. The molecule has 0 saturated carbocycles. The summed E-state index contributed by atoms with van der Waals surface area (Å²) in [6.07, 6.45) is 0. The maximum absolute atomic E-state index is 13.1. The molecule has 0 atom stereocenters. The summed E-state index contributed by atoms with van der Waals surface area (Å²) in [7, 11) is 0. The second kappa shape index (κ2) is 8.09. The number of amides is 1. The molecule has 0 fully saturated rings. The summed E-state index contributed by atoms with van der Waals surface area (Å²) >= 11 is 3.39. The van der Waals surface area contributed by atoms with Gasteiger partial charge in [-0.15, -0.1) is 0 Å². The molecule has 6 nitrogen and oxygen atoms in total. The molecule has 2 aromatic carbocycles. The standard InChI is InChI=1S/C23H18BrN5O/c1-14-22(15(2)29(28-14)13-17-9-7-16(12-25)8-10-17)27-23(30)19-11-21(24)26-20-6-4-3-5-18(19)20/h3-11H,13H2,1-2H3,(H,27,30). The summed E-state index contributed by atoms with van der Waals surface area (Å²) in [5, 5.41) is 17.4. The number of carbonyl (C=O) groups is 1. The molecule has 4 rings (SSSR count). The molecule has 1 N–H and O–H groups in total. The van der Waals surface area contributed by atoms with Crippen LogP contribution in [0, 0.1) is 25.2 Å². The number of fused-ring (bicyclic) bond motifs is 1. The number of hydrogen-bond donors (Lipinski definition) is 1. The second-order valence-corrected chi connectivity index (χ2v) is 7.79. The quantitative estimate of drug-likeness (QED) is 0.436. The van der Waals surface area contributed by atoms with E-state index in [0.29, 0.717) is 28.0 Å². The van der Waals surface area contributed by atoms with Gasteiger partial charge < -0.3 is 5.32 Å². The van der Waals surface area contributed by atoms with E-state index in [1.165, 1.54) is 0 Å². The lowest BCUT2D eigenvalue weighted by atomic mass is 10.1. The van der Waals surface area contributed by atoms with E-state index in [1.807, 2.05) is 54.9 Å². The second-order valence-electron chi connectivity index (χ2n) is 6.98. The monoisotopic (exact) mass is 459 g/mol. The minimum atomic E-state index is -0.210. The van der Waals surface area contributed by atoms with Crippen molar-refractivity contribution in [3.05, 3.63) is 87.3 Å². The first-order valence-electron chi connectivity index (χ1n) is 9.36. The summed E-state index contributed by atoms with van der Waals surface area (Å²) < 4.78 is 2.46. The maximum Gasteiger partial charge on any atom is 0.256 e. The van der Waals surface area contributed by atoms with Gasteiger partial charge in [-0.3, -0.25) is 9.48 Å². The number of benzene rings is 2.